The van der Waals surface area contributed by atoms with Gasteiger partial charge in [0.2, 0.25) is 0 Å². The highest BCUT2D eigenvalue weighted by molar-refractivity contribution is 6.32. The highest BCUT2D eigenvalue weighted by Crippen LogP contribution is 2.27. The second-order valence-corrected chi connectivity index (χ2v) is 3.66. The summed E-state index contributed by atoms with van der Waals surface area (Å²) in [4.78, 5) is 0. The first kappa shape index (κ1) is 11.3. The van der Waals surface area contributed by atoms with E-state index in [0.29, 0.717) is 11.6 Å². The van der Waals surface area contributed by atoms with Crippen LogP contribution in [-0.4, -0.2) is 11.7 Å². The molecule has 0 heterocycles. The van der Waals surface area contributed by atoms with E-state index in [9.17, 15) is 5.11 Å². The zero-order valence-corrected chi connectivity index (χ0v) is 8.67. The highest BCUT2D eigenvalue weighted by atomic mass is 35.5. The molecule has 1 atom stereocenters. The molecule has 78 valence electrons. The van der Waals surface area contributed by atoms with Crippen molar-refractivity contribution in [2.24, 2.45) is 11.5 Å². The minimum Gasteiger partial charge on any atom is -0.506 e. The largest absolute Gasteiger partial charge is 0.506 e. The molecule has 5 N–H and O–H groups in total. The van der Waals surface area contributed by atoms with Crippen molar-refractivity contribution in [2.75, 3.05) is 6.54 Å². The van der Waals surface area contributed by atoms with Crippen molar-refractivity contribution in [3.63, 3.8) is 0 Å². The Morgan fingerprint density at radius 1 is 1.43 bits per heavy atom. The standard InChI is InChI=1S/C10H15ClN2O/c11-8-6-7(3-4-10(8)14)9(13)2-1-5-12/h3-4,6,9,14H,1-2,5,12-13H2/t9-/m0/s1. The van der Waals surface area contributed by atoms with E-state index in [-0.39, 0.29) is 11.8 Å². The minimum atomic E-state index is -0.0587. The molecule has 0 amide bonds. The number of aromatic hydroxyl groups is 1. The number of phenolic OH excluding ortho intramolecular Hbond substituents is 1. The molecule has 0 saturated heterocycles. The Morgan fingerprint density at radius 2 is 2.14 bits per heavy atom. The van der Waals surface area contributed by atoms with Crippen molar-refractivity contribution >= 4 is 11.6 Å². The normalized spacial score (nSPS) is 12.8. The molecular formula is C10H15ClN2O. The lowest BCUT2D eigenvalue weighted by atomic mass is 10.0. The molecule has 0 bridgehead atoms. The smallest absolute Gasteiger partial charge is 0.134 e. The topological polar surface area (TPSA) is 72.3 Å². The van der Waals surface area contributed by atoms with Gasteiger partial charge in [0.25, 0.3) is 0 Å². The summed E-state index contributed by atoms with van der Waals surface area (Å²) in [5.74, 6) is 0.0847. The van der Waals surface area contributed by atoms with Crippen LogP contribution in [0.5, 0.6) is 5.75 Å². The first-order chi connectivity index (χ1) is 6.65. The van der Waals surface area contributed by atoms with Crippen molar-refractivity contribution in [1.29, 1.82) is 0 Å². The predicted octanol–water partition coefficient (Wildman–Crippen LogP) is 1.78. The van der Waals surface area contributed by atoms with Crippen molar-refractivity contribution in [1.82, 2.24) is 0 Å². The number of hydrogen-bond acceptors (Lipinski definition) is 3. The molecule has 3 nitrogen and oxygen atoms in total. The Morgan fingerprint density at radius 3 is 2.71 bits per heavy atom. The van der Waals surface area contributed by atoms with E-state index in [0.717, 1.165) is 18.4 Å². The van der Waals surface area contributed by atoms with E-state index in [4.69, 9.17) is 23.1 Å². The molecule has 14 heavy (non-hydrogen) atoms. The van der Waals surface area contributed by atoms with Gasteiger partial charge in [0.15, 0.2) is 0 Å². The maximum atomic E-state index is 9.21. The fraction of sp³-hybridized carbons (Fsp3) is 0.400. The lowest BCUT2D eigenvalue weighted by Crippen LogP contribution is -2.12. The predicted molar refractivity (Wildman–Crippen MR) is 58.3 cm³/mol. The molecule has 0 spiro atoms. The molecule has 0 aliphatic heterocycles. The van der Waals surface area contributed by atoms with Gasteiger partial charge in [-0.2, -0.15) is 0 Å². The third-order valence-electron chi connectivity index (χ3n) is 2.12. The average molecular weight is 215 g/mol. The van der Waals surface area contributed by atoms with Gasteiger partial charge in [0, 0.05) is 6.04 Å². The van der Waals surface area contributed by atoms with Gasteiger partial charge in [-0.05, 0) is 37.1 Å². The lowest BCUT2D eigenvalue weighted by molar-refractivity contribution is 0.475. The molecule has 1 aromatic carbocycles. The van der Waals surface area contributed by atoms with Crippen LogP contribution in [0.4, 0.5) is 0 Å². The second kappa shape index (κ2) is 5.20. The van der Waals surface area contributed by atoms with Crippen molar-refractivity contribution in [3.05, 3.63) is 28.8 Å². The van der Waals surface area contributed by atoms with E-state index < -0.39 is 0 Å². The fourth-order valence-electron chi connectivity index (χ4n) is 1.26. The van der Waals surface area contributed by atoms with Gasteiger partial charge in [-0.25, -0.2) is 0 Å². The summed E-state index contributed by atoms with van der Waals surface area (Å²) in [6, 6.07) is 4.97. The second-order valence-electron chi connectivity index (χ2n) is 3.25. The van der Waals surface area contributed by atoms with Gasteiger partial charge in [0.1, 0.15) is 5.75 Å². The Hall–Kier alpha value is -0.770. The maximum absolute atomic E-state index is 9.21. The van der Waals surface area contributed by atoms with Crippen LogP contribution in [0.15, 0.2) is 18.2 Å². The van der Waals surface area contributed by atoms with Crippen LogP contribution >= 0.6 is 11.6 Å². The molecule has 0 aliphatic rings. The summed E-state index contributed by atoms with van der Waals surface area (Å²) in [6.07, 6.45) is 1.72. The number of rotatable bonds is 4. The molecule has 1 aromatic rings. The quantitative estimate of drug-likeness (QED) is 0.716. The van der Waals surface area contributed by atoms with E-state index in [1.165, 1.54) is 0 Å². The molecule has 0 fully saturated rings. The van der Waals surface area contributed by atoms with Crippen LogP contribution in [0, 0.1) is 0 Å². The molecule has 1 rings (SSSR count). The Bertz CT molecular complexity index is 304. The molecule has 4 heteroatoms. The zero-order valence-electron chi connectivity index (χ0n) is 7.91. The summed E-state index contributed by atoms with van der Waals surface area (Å²) in [5, 5.41) is 9.55. The Kier molecular flexibility index (Phi) is 4.20. The van der Waals surface area contributed by atoms with Crippen LogP contribution < -0.4 is 11.5 Å². The van der Waals surface area contributed by atoms with Crippen LogP contribution in [0.25, 0.3) is 0 Å². The van der Waals surface area contributed by atoms with Gasteiger partial charge in [-0.1, -0.05) is 17.7 Å². The zero-order chi connectivity index (χ0) is 10.6. The number of halogens is 1. The van der Waals surface area contributed by atoms with E-state index in [1.54, 1.807) is 18.2 Å². The average Bonchev–Trinajstić information content (AvgIpc) is 2.18. The molecule has 0 aliphatic carbocycles. The molecule has 0 unspecified atom stereocenters. The van der Waals surface area contributed by atoms with Crippen molar-refractivity contribution < 1.29 is 5.11 Å². The number of nitrogens with two attached hydrogens (primary N) is 2. The van der Waals surface area contributed by atoms with E-state index in [2.05, 4.69) is 0 Å². The first-order valence-corrected chi connectivity index (χ1v) is 4.97. The lowest BCUT2D eigenvalue weighted by Gasteiger charge is -2.11. The third-order valence-corrected chi connectivity index (χ3v) is 2.42. The molecule has 0 saturated carbocycles. The molecular weight excluding hydrogens is 200 g/mol. The Balaban J connectivity index is 2.70. The van der Waals surface area contributed by atoms with E-state index in [1.807, 2.05) is 0 Å². The number of phenols is 1. The summed E-state index contributed by atoms with van der Waals surface area (Å²) in [5.41, 5.74) is 12.2. The fourth-order valence-corrected chi connectivity index (χ4v) is 1.45. The summed E-state index contributed by atoms with van der Waals surface area (Å²) >= 11 is 5.76. The van der Waals surface area contributed by atoms with Crippen LogP contribution in [0.2, 0.25) is 5.02 Å². The van der Waals surface area contributed by atoms with Crippen molar-refractivity contribution in [2.45, 2.75) is 18.9 Å². The number of benzene rings is 1. The van der Waals surface area contributed by atoms with Gasteiger partial charge < -0.3 is 16.6 Å². The third kappa shape index (κ3) is 2.87. The minimum absolute atomic E-state index is 0.0587. The highest BCUT2D eigenvalue weighted by Gasteiger charge is 2.07. The van der Waals surface area contributed by atoms with E-state index >= 15 is 0 Å². The van der Waals surface area contributed by atoms with Gasteiger partial charge in [0.05, 0.1) is 5.02 Å². The first-order valence-electron chi connectivity index (χ1n) is 4.59. The maximum Gasteiger partial charge on any atom is 0.134 e. The number of hydrogen-bond donors (Lipinski definition) is 3. The van der Waals surface area contributed by atoms with Gasteiger partial charge in [-0.3, -0.25) is 0 Å². The van der Waals surface area contributed by atoms with Gasteiger partial charge >= 0.3 is 0 Å². The van der Waals surface area contributed by atoms with Crippen LogP contribution in [-0.2, 0) is 0 Å². The molecule has 0 aromatic heterocycles. The summed E-state index contributed by atoms with van der Waals surface area (Å²) in [7, 11) is 0. The van der Waals surface area contributed by atoms with Crippen LogP contribution in [0.3, 0.4) is 0 Å². The summed E-state index contributed by atoms with van der Waals surface area (Å²) in [6.45, 7) is 0.638. The Labute approximate surface area is 88.7 Å². The van der Waals surface area contributed by atoms with Crippen LogP contribution in [0.1, 0.15) is 24.4 Å². The van der Waals surface area contributed by atoms with Crippen molar-refractivity contribution in [3.8, 4) is 5.75 Å². The summed E-state index contributed by atoms with van der Waals surface area (Å²) < 4.78 is 0. The molecule has 0 radical (unpaired) electrons. The SMILES string of the molecule is NCCC[C@H](N)c1ccc(O)c(Cl)c1. The van der Waals surface area contributed by atoms with Gasteiger partial charge in [-0.15, -0.1) is 0 Å². The monoisotopic (exact) mass is 214 g/mol.